The molecule has 0 saturated heterocycles. The third kappa shape index (κ3) is 2.31. The van der Waals surface area contributed by atoms with E-state index >= 15 is 0 Å². The van der Waals surface area contributed by atoms with Crippen molar-refractivity contribution in [3.05, 3.63) is 60.2 Å². The van der Waals surface area contributed by atoms with Gasteiger partial charge in [-0.2, -0.15) is 0 Å². The highest BCUT2D eigenvalue weighted by Gasteiger charge is 2.10. The van der Waals surface area contributed by atoms with Crippen LogP contribution in [0.25, 0.3) is 11.0 Å². The van der Waals surface area contributed by atoms with E-state index in [0.29, 0.717) is 23.0 Å². The fourth-order valence-corrected chi connectivity index (χ4v) is 2.18. The normalized spacial score (nSPS) is 10.9. The maximum absolute atomic E-state index is 13.6. The number of pyridine rings is 1. The summed E-state index contributed by atoms with van der Waals surface area (Å²) in [4.78, 5) is 4.19. The van der Waals surface area contributed by atoms with Crippen LogP contribution in [-0.2, 0) is 6.54 Å². The Hall–Kier alpha value is -2.18. The van der Waals surface area contributed by atoms with Crippen molar-refractivity contribution in [2.45, 2.75) is 6.54 Å². The minimum absolute atomic E-state index is 0.285. The van der Waals surface area contributed by atoms with Crippen LogP contribution in [0.1, 0.15) is 5.56 Å². The number of halogens is 1. The molecule has 0 atom stereocenters. The summed E-state index contributed by atoms with van der Waals surface area (Å²) in [6.45, 7) is 0.543. The highest BCUT2D eigenvalue weighted by Crippen LogP contribution is 2.17. The molecule has 0 aliphatic heterocycles. The highest BCUT2D eigenvalue weighted by molar-refractivity contribution is 6.58. The molecule has 100 valence electrons. The van der Waals surface area contributed by atoms with Gasteiger partial charge < -0.3 is 14.6 Å². The molecule has 1 aromatic carbocycles. The van der Waals surface area contributed by atoms with Crippen LogP contribution in [0, 0.1) is 5.82 Å². The predicted octanol–water partition coefficient (Wildman–Crippen LogP) is 0.903. The molecular formula is C14H12BFN2O2. The van der Waals surface area contributed by atoms with E-state index in [1.165, 1.54) is 12.3 Å². The first-order chi connectivity index (χ1) is 9.65. The molecule has 0 unspecified atom stereocenters. The van der Waals surface area contributed by atoms with Gasteiger partial charge in [0.25, 0.3) is 0 Å². The number of benzene rings is 1. The Morgan fingerprint density at radius 1 is 1.10 bits per heavy atom. The second-order valence-electron chi connectivity index (χ2n) is 4.59. The molecule has 0 aliphatic carbocycles. The van der Waals surface area contributed by atoms with Gasteiger partial charge >= 0.3 is 7.12 Å². The molecule has 0 saturated carbocycles. The van der Waals surface area contributed by atoms with Gasteiger partial charge in [-0.05, 0) is 23.2 Å². The molecule has 20 heavy (non-hydrogen) atoms. The Bertz CT molecular complexity index is 741. The van der Waals surface area contributed by atoms with Gasteiger partial charge in [0.2, 0.25) is 0 Å². The number of fused-ring (bicyclic) bond motifs is 1. The molecule has 2 aromatic heterocycles. The molecule has 3 rings (SSSR count). The quantitative estimate of drug-likeness (QED) is 0.695. The molecular weight excluding hydrogens is 258 g/mol. The minimum atomic E-state index is -1.47. The molecule has 0 fully saturated rings. The van der Waals surface area contributed by atoms with Crippen molar-refractivity contribution >= 4 is 23.6 Å². The molecule has 2 heterocycles. The molecule has 0 aliphatic rings. The lowest BCUT2D eigenvalue weighted by molar-refractivity contribution is 0.426. The highest BCUT2D eigenvalue weighted by atomic mass is 19.1. The van der Waals surface area contributed by atoms with E-state index in [4.69, 9.17) is 10.0 Å². The first-order valence-corrected chi connectivity index (χ1v) is 6.19. The first kappa shape index (κ1) is 12.8. The third-order valence-corrected chi connectivity index (χ3v) is 3.24. The average Bonchev–Trinajstić information content (AvgIpc) is 2.84. The fourth-order valence-electron chi connectivity index (χ4n) is 2.18. The summed E-state index contributed by atoms with van der Waals surface area (Å²) in [7, 11) is -1.47. The lowest BCUT2D eigenvalue weighted by atomic mass is 9.80. The van der Waals surface area contributed by atoms with Crippen LogP contribution in [0.5, 0.6) is 0 Å². The molecule has 0 bridgehead atoms. The van der Waals surface area contributed by atoms with Gasteiger partial charge in [-0.1, -0.05) is 24.3 Å². The number of hydrogen-bond acceptors (Lipinski definition) is 3. The lowest BCUT2D eigenvalue weighted by Crippen LogP contribution is -2.29. The van der Waals surface area contributed by atoms with Crippen molar-refractivity contribution in [1.29, 1.82) is 0 Å². The van der Waals surface area contributed by atoms with Gasteiger partial charge in [-0.25, -0.2) is 9.37 Å². The van der Waals surface area contributed by atoms with Crippen molar-refractivity contribution in [1.82, 2.24) is 9.55 Å². The third-order valence-electron chi connectivity index (χ3n) is 3.24. The minimum Gasteiger partial charge on any atom is -0.423 e. The maximum Gasteiger partial charge on any atom is 0.488 e. The molecule has 3 aromatic rings. The SMILES string of the molecule is OB(O)c1ccc(Cn2ccc3c(F)ccnc32)cc1. The molecule has 2 N–H and O–H groups in total. The van der Waals surface area contributed by atoms with Crippen LogP contribution in [0.4, 0.5) is 4.39 Å². The smallest absolute Gasteiger partial charge is 0.423 e. The molecule has 0 radical (unpaired) electrons. The van der Waals surface area contributed by atoms with E-state index in [2.05, 4.69) is 4.98 Å². The fraction of sp³-hybridized carbons (Fsp3) is 0.0714. The summed E-state index contributed by atoms with van der Waals surface area (Å²) >= 11 is 0. The van der Waals surface area contributed by atoms with Gasteiger partial charge in [-0.3, -0.25) is 0 Å². The van der Waals surface area contributed by atoms with Gasteiger partial charge in [0.05, 0.1) is 5.39 Å². The van der Waals surface area contributed by atoms with Crippen molar-refractivity contribution in [2.75, 3.05) is 0 Å². The monoisotopic (exact) mass is 270 g/mol. The average molecular weight is 270 g/mol. The molecule has 0 spiro atoms. The number of hydrogen-bond donors (Lipinski definition) is 2. The van der Waals surface area contributed by atoms with E-state index in [9.17, 15) is 4.39 Å². The summed E-state index contributed by atoms with van der Waals surface area (Å²) in [5.41, 5.74) is 2.00. The van der Waals surface area contributed by atoms with E-state index < -0.39 is 7.12 Å². The van der Waals surface area contributed by atoms with Crippen LogP contribution in [0.3, 0.4) is 0 Å². The summed E-state index contributed by atoms with van der Waals surface area (Å²) in [5, 5.41) is 18.6. The molecule has 0 amide bonds. The summed E-state index contributed by atoms with van der Waals surface area (Å²) in [6.07, 6.45) is 3.23. The van der Waals surface area contributed by atoms with E-state index in [1.807, 2.05) is 4.57 Å². The summed E-state index contributed by atoms with van der Waals surface area (Å²) in [5.74, 6) is -0.285. The standard InChI is InChI=1S/C14H12BFN2O2/c16-13-5-7-17-14-12(13)6-8-18(14)9-10-1-3-11(4-2-10)15(19)20/h1-8,19-20H,9H2. The first-order valence-electron chi connectivity index (χ1n) is 6.19. The van der Waals surface area contributed by atoms with Gasteiger partial charge in [0.15, 0.2) is 0 Å². The largest absolute Gasteiger partial charge is 0.488 e. The topological polar surface area (TPSA) is 58.3 Å². The Morgan fingerprint density at radius 2 is 1.85 bits per heavy atom. The van der Waals surface area contributed by atoms with Crippen molar-refractivity contribution in [3.63, 3.8) is 0 Å². The predicted molar refractivity (Wildman–Crippen MR) is 75.1 cm³/mol. The van der Waals surface area contributed by atoms with Gasteiger partial charge in [0.1, 0.15) is 11.5 Å². The second kappa shape index (κ2) is 5.07. The number of aromatic nitrogens is 2. The zero-order chi connectivity index (χ0) is 14.1. The second-order valence-corrected chi connectivity index (χ2v) is 4.59. The Labute approximate surface area is 115 Å². The van der Waals surface area contributed by atoms with Crippen molar-refractivity contribution in [2.24, 2.45) is 0 Å². The lowest BCUT2D eigenvalue weighted by Gasteiger charge is -2.06. The van der Waals surface area contributed by atoms with Crippen LogP contribution in [0.2, 0.25) is 0 Å². The maximum atomic E-state index is 13.6. The zero-order valence-electron chi connectivity index (χ0n) is 10.6. The summed E-state index contributed by atoms with van der Waals surface area (Å²) < 4.78 is 15.4. The van der Waals surface area contributed by atoms with E-state index in [1.54, 1.807) is 36.5 Å². The van der Waals surface area contributed by atoms with Crippen molar-refractivity contribution in [3.8, 4) is 0 Å². The van der Waals surface area contributed by atoms with Crippen LogP contribution in [-0.4, -0.2) is 26.7 Å². The zero-order valence-corrected chi connectivity index (χ0v) is 10.6. The van der Waals surface area contributed by atoms with E-state index in [0.717, 1.165) is 5.56 Å². The van der Waals surface area contributed by atoms with Gasteiger partial charge in [0, 0.05) is 18.9 Å². The van der Waals surface area contributed by atoms with Crippen LogP contribution in [0.15, 0.2) is 48.8 Å². The Balaban J connectivity index is 1.91. The van der Waals surface area contributed by atoms with Crippen molar-refractivity contribution < 1.29 is 14.4 Å². The van der Waals surface area contributed by atoms with E-state index in [-0.39, 0.29) is 5.82 Å². The molecule has 4 nitrogen and oxygen atoms in total. The number of nitrogens with zero attached hydrogens (tertiary/aromatic N) is 2. The summed E-state index contributed by atoms with van der Waals surface area (Å²) in [6, 6.07) is 9.95. The van der Waals surface area contributed by atoms with Crippen LogP contribution < -0.4 is 5.46 Å². The Morgan fingerprint density at radius 3 is 2.55 bits per heavy atom. The molecule has 6 heteroatoms. The van der Waals surface area contributed by atoms with Gasteiger partial charge in [-0.15, -0.1) is 0 Å². The van der Waals surface area contributed by atoms with Crippen LogP contribution >= 0.6 is 0 Å². The number of rotatable bonds is 3. The Kier molecular flexibility index (Phi) is 3.26.